The molecule has 0 saturated heterocycles. The second-order valence-corrected chi connectivity index (χ2v) is 9.96. The van der Waals surface area contributed by atoms with Gasteiger partial charge < -0.3 is 9.67 Å². The van der Waals surface area contributed by atoms with Gasteiger partial charge in [-0.3, -0.25) is 9.52 Å². The van der Waals surface area contributed by atoms with E-state index in [0.717, 1.165) is 21.6 Å². The molecule has 0 aliphatic rings. The number of carbonyl (C=O) groups excluding carboxylic acids is 1. The number of anilines is 1. The molecule has 0 aliphatic heterocycles. The van der Waals surface area contributed by atoms with E-state index < -0.39 is 15.9 Å². The summed E-state index contributed by atoms with van der Waals surface area (Å²) in [5.41, 5.74) is 1.09. The maximum absolute atomic E-state index is 12.6. The molecule has 7 nitrogen and oxygen atoms in total. The average molecular weight is 446 g/mol. The zero-order chi connectivity index (χ0) is 20.6. The second kappa shape index (κ2) is 7.47. The number of phenols is 1. The van der Waals surface area contributed by atoms with Crippen molar-refractivity contribution in [1.82, 2.24) is 4.57 Å². The van der Waals surface area contributed by atoms with Crippen molar-refractivity contribution in [1.29, 1.82) is 0 Å². The molecular weight excluding hydrogens is 430 g/mol. The van der Waals surface area contributed by atoms with Crippen LogP contribution in [0.3, 0.4) is 0 Å². The number of nitrogens with one attached hydrogen (secondary N) is 1. The number of benzene rings is 2. The smallest absolute Gasteiger partial charge is 0.283 e. The van der Waals surface area contributed by atoms with Crippen LogP contribution in [0.15, 0.2) is 69.2 Å². The van der Waals surface area contributed by atoms with Gasteiger partial charge in [-0.1, -0.05) is 29.5 Å². The Balaban J connectivity index is 1.64. The molecule has 4 aromatic rings. The molecule has 0 unspecified atom stereocenters. The highest BCUT2D eigenvalue weighted by Crippen LogP contribution is 2.26. The number of sulfonamides is 1. The molecule has 0 bridgehead atoms. The molecule has 10 heteroatoms. The summed E-state index contributed by atoms with van der Waals surface area (Å²) in [6.45, 7) is 0. The van der Waals surface area contributed by atoms with E-state index in [0.29, 0.717) is 4.80 Å². The predicted molar refractivity (Wildman–Crippen MR) is 114 cm³/mol. The molecular formula is C19H15N3O4S3. The quantitative estimate of drug-likeness (QED) is 0.502. The highest BCUT2D eigenvalue weighted by atomic mass is 32.2. The van der Waals surface area contributed by atoms with E-state index in [1.165, 1.54) is 35.6 Å². The maximum atomic E-state index is 12.6. The molecule has 0 spiro atoms. The van der Waals surface area contributed by atoms with Crippen LogP contribution < -0.4 is 9.52 Å². The number of thiazole rings is 1. The summed E-state index contributed by atoms with van der Waals surface area (Å²) in [7, 11) is -1.93. The Morgan fingerprint density at radius 3 is 2.62 bits per heavy atom. The third-order valence-electron chi connectivity index (χ3n) is 4.15. The number of hydrogen-bond acceptors (Lipinski definition) is 6. The molecule has 0 atom stereocenters. The van der Waals surface area contributed by atoms with Crippen molar-refractivity contribution >= 4 is 54.5 Å². The number of amides is 1. The fourth-order valence-corrected chi connectivity index (χ4v) is 5.79. The standard InChI is InChI=1S/C19H15N3O4S3/c1-22-14-5-2-3-6-16(14)28-19(22)20-18(24)13-9-8-12(11-15(13)23)21-29(25,26)17-7-4-10-27-17/h2-11,21,23H,1H3. The SMILES string of the molecule is Cn1c(=NC(=O)c2ccc(NS(=O)(=O)c3cccs3)cc2O)sc2ccccc21. The molecule has 0 fully saturated rings. The summed E-state index contributed by atoms with van der Waals surface area (Å²) in [5.74, 6) is -0.966. The number of fused-ring (bicyclic) bond motifs is 1. The molecule has 148 valence electrons. The fourth-order valence-electron chi connectivity index (χ4n) is 2.73. The predicted octanol–water partition coefficient (Wildman–Crippen LogP) is 3.55. The summed E-state index contributed by atoms with van der Waals surface area (Å²) in [6, 6.07) is 14.8. The zero-order valence-electron chi connectivity index (χ0n) is 15.1. The minimum absolute atomic E-state index is 0.0125. The van der Waals surface area contributed by atoms with Crippen LogP contribution >= 0.6 is 22.7 Å². The Morgan fingerprint density at radius 1 is 1.14 bits per heavy atom. The van der Waals surface area contributed by atoms with Crippen molar-refractivity contribution < 1.29 is 18.3 Å². The molecule has 29 heavy (non-hydrogen) atoms. The number of rotatable bonds is 4. The Labute approximate surface area is 174 Å². The van der Waals surface area contributed by atoms with E-state index >= 15 is 0 Å². The number of carbonyl (C=O) groups is 1. The van der Waals surface area contributed by atoms with Crippen LogP contribution in [-0.2, 0) is 17.1 Å². The van der Waals surface area contributed by atoms with Crippen molar-refractivity contribution in [3.05, 3.63) is 70.3 Å². The number of nitrogens with zero attached hydrogens (tertiary/aromatic N) is 2. The van der Waals surface area contributed by atoms with Gasteiger partial charge in [0.15, 0.2) is 4.80 Å². The molecule has 2 aromatic heterocycles. The van der Waals surface area contributed by atoms with Gasteiger partial charge in [0, 0.05) is 13.1 Å². The lowest BCUT2D eigenvalue weighted by Gasteiger charge is -2.08. The van der Waals surface area contributed by atoms with Gasteiger partial charge in [0.1, 0.15) is 9.96 Å². The van der Waals surface area contributed by atoms with Crippen LogP contribution in [0.2, 0.25) is 0 Å². The number of aromatic hydroxyl groups is 1. The summed E-state index contributed by atoms with van der Waals surface area (Å²) in [4.78, 5) is 17.2. The van der Waals surface area contributed by atoms with E-state index in [1.54, 1.807) is 16.0 Å². The van der Waals surface area contributed by atoms with Gasteiger partial charge in [-0.05, 0) is 35.7 Å². The Kier molecular flexibility index (Phi) is 4.99. The molecule has 0 saturated carbocycles. The fraction of sp³-hybridized carbons (Fsp3) is 0.0526. The zero-order valence-corrected chi connectivity index (χ0v) is 17.5. The lowest BCUT2D eigenvalue weighted by Crippen LogP contribution is -2.14. The summed E-state index contributed by atoms with van der Waals surface area (Å²) < 4.78 is 29.9. The van der Waals surface area contributed by atoms with E-state index in [4.69, 9.17) is 0 Å². The summed E-state index contributed by atoms with van der Waals surface area (Å²) in [5, 5.41) is 11.9. The summed E-state index contributed by atoms with van der Waals surface area (Å²) in [6.07, 6.45) is 0. The molecule has 0 radical (unpaired) electrons. The Hall–Kier alpha value is -2.95. The average Bonchev–Trinajstić information content (AvgIpc) is 3.32. The van der Waals surface area contributed by atoms with E-state index in [1.807, 2.05) is 31.3 Å². The summed E-state index contributed by atoms with van der Waals surface area (Å²) >= 11 is 2.45. The maximum Gasteiger partial charge on any atom is 0.283 e. The van der Waals surface area contributed by atoms with Crippen LogP contribution in [-0.4, -0.2) is 24.0 Å². The van der Waals surface area contributed by atoms with Crippen LogP contribution in [0.4, 0.5) is 5.69 Å². The monoisotopic (exact) mass is 445 g/mol. The third-order valence-corrected chi connectivity index (χ3v) is 8.04. The largest absolute Gasteiger partial charge is 0.507 e. The first-order valence-electron chi connectivity index (χ1n) is 8.38. The van der Waals surface area contributed by atoms with Crippen LogP contribution in [0, 0.1) is 0 Å². The van der Waals surface area contributed by atoms with Gasteiger partial charge in [-0.2, -0.15) is 4.99 Å². The Bertz CT molecular complexity index is 1380. The lowest BCUT2D eigenvalue weighted by molar-refractivity contribution is 0.0995. The highest BCUT2D eigenvalue weighted by Gasteiger charge is 2.17. The lowest BCUT2D eigenvalue weighted by atomic mass is 10.2. The molecule has 2 aromatic carbocycles. The van der Waals surface area contributed by atoms with Crippen LogP contribution in [0.1, 0.15) is 10.4 Å². The number of aromatic nitrogens is 1. The second-order valence-electron chi connectivity index (χ2n) is 6.10. The number of aryl methyl sites for hydroxylation is 1. The van der Waals surface area contributed by atoms with Gasteiger partial charge in [0.05, 0.1) is 21.5 Å². The van der Waals surface area contributed by atoms with E-state index in [9.17, 15) is 18.3 Å². The number of para-hydroxylation sites is 1. The third kappa shape index (κ3) is 3.82. The van der Waals surface area contributed by atoms with Crippen molar-refractivity contribution in [2.24, 2.45) is 12.0 Å². The Morgan fingerprint density at radius 2 is 1.93 bits per heavy atom. The first-order valence-corrected chi connectivity index (χ1v) is 11.6. The van der Waals surface area contributed by atoms with Crippen molar-refractivity contribution in [3.8, 4) is 5.75 Å². The van der Waals surface area contributed by atoms with Gasteiger partial charge in [0.2, 0.25) is 0 Å². The molecule has 2 heterocycles. The van der Waals surface area contributed by atoms with Crippen molar-refractivity contribution in [2.75, 3.05) is 4.72 Å². The van der Waals surface area contributed by atoms with E-state index in [2.05, 4.69) is 9.71 Å². The van der Waals surface area contributed by atoms with E-state index in [-0.39, 0.29) is 21.2 Å². The van der Waals surface area contributed by atoms with Crippen LogP contribution in [0.5, 0.6) is 5.75 Å². The van der Waals surface area contributed by atoms with Crippen molar-refractivity contribution in [2.45, 2.75) is 4.21 Å². The minimum atomic E-state index is -3.74. The normalized spacial score (nSPS) is 12.4. The molecule has 0 aliphatic carbocycles. The minimum Gasteiger partial charge on any atom is -0.507 e. The molecule has 1 amide bonds. The van der Waals surface area contributed by atoms with Crippen LogP contribution in [0.25, 0.3) is 10.2 Å². The van der Waals surface area contributed by atoms with Crippen molar-refractivity contribution in [3.63, 3.8) is 0 Å². The van der Waals surface area contributed by atoms with Gasteiger partial charge in [-0.25, -0.2) is 8.42 Å². The first-order chi connectivity index (χ1) is 13.8. The van der Waals surface area contributed by atoms with Gasteiger partial charge in [-0.15, -0.1) is 11.3 Å². The highest BCUT2D eigenvalue weighted by molar-refractivity contribution is 7.94. The van der Waals surface area contributed by atoms with Gasteiger partial charge in [0.25, 0.3) is 15.9 Å². The molecule has 2 N–H and O–H groups in total. The first kappa shape index (κ1) is 19.4. The topological polar surface area (TPSA) is 101 Å². The number of thiophene rings is 1. The molecule has 4 rings (SSSR count). The number of hydrogen-bond donors (Lipinski definition) is 2. The number of phenolic OH excluding ortho intramolecular Hbond substituents is 1. The van der Waals surface area contributed by atoms with Gasteiger partial charge >= 0.3 is 0 Å².